The molecule has 140 valence electrons. The minimum Gasteiger partial charge on any atom is -0.381 e. The first kappa shape index (κ1) is 20.0. The molecule has 2 rings (SSSR count). The van der Waals surface area contributed by atoms with E-state index in [1.165, 1.54) is 0 Å². The summed E-state index contributed by atoms with van der Waals surface area (Å²) in [4.78, 5) is 6.81. The Morgan fingerprint density at radius 1 is 1.36 bits per heavy atom. The van der Waals surface area contributed by atoms with Crippen molar-refractivity contribution in [1.82, 2.24) is 10.2 Å². The third kappa shape index (κ3) is 7.22. The van der Waals surface area contributed by atoms with Crippen molar-refractivity contribution in [3.05, 3.63) is 34.9 Å². The average Bonchev–Trinajstić information content (AvgIpc) is 2.63. The van der Waals surface area contributed by atoms with E-state index in [1.54, 1.807) is 0 Å². The Morgan fingerprint density at radius 3 is 2.84 bits per heavy atom. The number of hydrogen-bond donors (Lipinski definition) is 1. The molecular weight excluding hydrogens is 338 g/mol. The molecule has 5 nitrogen and oxygen atoms in total. The van der Waals surface area contributed by atoms with Gasteiger partial charge in [0.1, 0.15) is 0 Å². The van der Waals surface area contributed by atoms with Gasteiger partial charge in [-0.2, -0.15) is 0 Å². The summed E-state index contributed by atoms with van der Waals surface area (Å²) in [5.74, 6) is 0.897. The first-order valence-electron chi connectivity index (χ1n) is 9.13. The molecular formula is C19H30ClN3O2. The number of benzene rings is 1. The fourth-order valence-electron chi connectivity index (χ4n) is 2.77. The van der Waals surface area contributed by atoms with Gasteiger partial charge in [-0.25, -0.2) is 0 Å². The monoisotopic (exact) mass is 367 g/mol. The van der Waals surface area contributed by atoms with E-state index in [1.807, 2.05) is 31.3 Å². The number of rotatable bonds is 8. The zero-order chi connectivity index (χ0) is 17.9. The average molecular weight is 368 g/mol. The second-order valence-corrected chi connectivity index (χ2v) is 6.63. The summed E-state index contributed by atoms with van der Waals surface area (Å²) in [5, 5.41) is 4.12. The van der Waals surface area contributed by atoms with Gasteiger partial charge in [-0.3, -0.25) is 4.99 Å². The smallest absolute Gasteiger partial charge is 0.193 e. The van der Waals surface area contributed by atoms with Crippen LogP contribution in [0.5, 0.6) is 0 Å². The fourth-order valence-corrected chi connectivity index (χ4v) is 2.96. The van der Waals surface area contributed by atoms with Crippen LogP contribution in [0, 0.1) is 0 Å². The van der Waals surface area contributed by atoms with Gasteiger partial charge in [0.05, 0.1) is 6.10 Å². The predicted molar refractivity (Wildman–Crippen MR) is 103 cm³/mol. The van der Waals surface area contributed by atoms with Crippen LogP contribution < -0.4 is 5.32 Å². The molecule has 1 N–H and O–H groups in total. The van der Waals surface area contributed by atoms with Crippen LogP contribution in [0.25, 0.3) is 0 Å². The maximum Gasteiger partial charge on any atom is 0.193 e. The molecule has 0 saturated carbocycles. The van der Waals surface area contributed by atoms with Crippen LogP contribution in [-0.2, 0) is 16.0 Å². The minimum atomic E-state index is 0.355. The van der Waals surface area contributed by atoms with Gasteiger partial charge in [0.15, 0.2) is 5.96 Å². The van der Waals surface area contributed by atoms with Gasteiger partial charge < -0.3 is 19.7 Å². The van der Waals surface area contributed by atoms with Gasteiger partial charge >= 0.3 is 0 Å². The van der Waals surface area contributed by atoms with Crippen LogP contribution in [0.3, 0.4) is 0 Å². The number of nitrogens with one attached hydrogen (secondary N) is 1. The lowest BCUT2D eigenvalue weighted by Gasteiger charge is -2.23. The molecule has 0 radical (unpaired) electrons. The summed E-state index contributed by atoms with van der Waals surface area (Å²) in [6.45, 7) is 6.78. The van der Waals surface area contributed by atoms with E-state index >= 15 is 0 Å². The Morgan fingerprint density at radius 2 is 2.12 bits per heavy atom. The van der Waals surface area contributed by atoms with Gasteiger partial charge in [-0.05, 0) is 37.8 Å². The first-order chi connectivity index (χ1) is 12.2. The van der Waals surface area contributed by atoms with E-state index in [2.05, 4.69) is 17.1 Å². The maximum absolute atomic E-state index is 6.26. The summed E-state index contributed by atoms with van der Waals surface area (Å²) in [6.07, 6.45) is 3.29. The summed E-state index contributed by atoms with van der Waals surface area (Å²) in [6, 6.07) is 7.92. The Hall–Kier alpha value is -1.30. The standard InChI is InChI=1S/C19H30ClN3O2/c1-3-21-19(23(2)15-16-7-4-5-8-18(16)20)22-11-6-12-25-17-9-13-24-14-10-17/h4-5,7-8,17H,3,6,9-15H2,1-2H3,(H,21,22). The highest BCUT2D eigenvalue weighted by molar-refractivity contribution is 6.31. The molecule has 0 spiro atoms. The first-order valence-corrected chi connectivity index (χ1v) is 9.50. The quantitative estimate of drug-likeness (QED) is 0.435. The van der Waals surface area contributed by atoms with Crippen LogP contribution >= 0.6 is 11.6 Å². The topological polar surface area (TPSA) is 46.1 Å². The predicted octanol–water partition coefficient (Wildman–Crippen LogP) is 3.32. The summed E-state index contributed by atoms with van der Waals surface area (Å²) < 4.78 is 11.2. The van der Waals surface area contributed by atoms with Gasteiger partial charge in [0.25, 0.3) is 0 Å². The molecule has 0 amide bonds. The van der Waals surface area contributed by atoms with Crippen LogP contribution in [-0.4, -0.2) is 56.9 Å². The largest absolute Gasteiger partial charge is 0.381 e. The molecule has 1 aromatic rings. The number of hydrogen-bond acceptors (Lipinski definition) is 3. The lowest BCUT2D eigenvalue weighted by Crippen LogP contribution is -2.38. The van der Waals surface area contributed by atoms with Gasteiger partial charge in [-0.1, -0.05) is 29.8 Å². The molecule has 0 bridgehead atoms. The van der Waals surface area contributed by atoms with Crippen LogP contribution in [0.2, 0.25) is 5.02 Å². The van der Waals surface area contributed by atoms with E-state index in [4.69, 9.17) is 26.1 Å². The highest BCUT2D eigenvalue weighted by Gasteiger charge is 2.13. The fraction of sp³-hybridized carbons (Fsp3) is 0.632. The van der Waals surface area contributed by atoms with Crippen molar-refractivity contribution in [2.24, 2.45) is 4.99 Å². The highest BCUT2D eigenvalue weighted by Crippen LogP contribution is 2.16. The van der Waals surface area contributed by atoms with Crippen LogP contribution in [0.1, 0.15) is 31.7 Å². The molecule has 1 aromatic carbocycles. The van der Waals surface area contributed by atoms with Gasteiger partial charge in [0.2, 0.25) is 0 Å². The number of aliphatic imine (C=N–C) groups is 1. The number of nitrogens with zero attached hydrogens (tertiary/aromatic N) is 2. The van der Waals surface area contributed by atoms with Gasteiger partial charge in [0, 0.05) is 51.5 Å². The number of guanidine groups is 1. The highest BCUT2D eigenvalue weighted by atomic mass is 35.5. The number of halogens is 1. The van der Waals surface area contributed by atoms with Crippen molar-refractivity contribution < 1.29 is 9.47 Å². The molecule has 0 aromatic heterocycles. The van der Waals surface area contributed by atoms with Crippen molar-refractivity contribution in [1.29, 1.82) is 0 Å². The SMILES string of the molecule is CCNC(=NCCCOC1CCOCC1)N(C)Cc1ccccc1Cl. The molecule has 6 heteroatoms. The third-order valence-electron chi connectivity index (χ3n) is 4.15. The number of ether oxygens (including phenoxy) is 2. The molecule has 1 aliphatic heterocycles. The van der Waals surface area contributed by atoms with E-state index in [-0.39, 0.29) is 0 Å². The Labute approximate surface area is 156 Å². The Bertz CT molecular complexity index is 533. The Kier molecular flexibility index (Phi) is 9.08. The molecule has 0 aliphatic carbocycles. The lowest BCUT2D eigenvalue weighted by atomic mass is 10.1. The summed E-state index contributed by atoms with van der Waals surface area (Å²) >= 11 is 6.26. The van der Waals surface area contributed by atoms with Crippen molar-refractivity contribution in [3.63, 3.8) is 0 Å². The minimum absolute atomic E-state index is 0.355. The molecule has 1 heterocycles. The van der Waals surface area contributed by atoms with E-state index in [9.17, 15) is 0 Å². The van der Waals surface area contributed by atoms with Gasteiger partial charge in [-0.15, -0.1) is 0 Å². The second kappa shape index (κ2) is 11.3. The second-order valence-electron chi connectivity index (χ2n) is 6.22. The zero-order valence-corrected chi connectivity index (χ0v) is 16.1. The molecule has 0 atom stereocenters. The molecule has 1 saturated heterocycles. The van der Waals surface area contributed by atoms with Crippen LogP contribution in [0.15, 0.2) is 29.3 Å². The van der Waals surface area contributed by atoms with Crippen molar-refractivity contribution in [2.75, 3.05) is 40.0 Å². The summed E-state index contributed by atoms with van der Waals surface area (Å²) in [7, 11) is 2.03. The van der Waals surface area contributed by atoms with Crippen molar-refractivity contribution in [3.8, 4) is 0 Å². The van der Waals surface area contributed by atoms with E-state index in [0.717, 1.165) is 75.3 Å². The van der Waals surface area contributed by atoms with Crippen molar-refractivity contribution >= 4 is 17.6 Å². The third-order valence-corrected chi connectivity index (χ3v) is 4.52. The molecule has 1 aliphatic rings. The molecule has 25 heavy (non-hydrogen) atoms. The maximum atomic E-state index is 6.26. The lowest BCUT2D eigenvalue weighted by molar-refractivity contribution is -0.0318. The molecule has 1 fully saturated rings. The normalized spacial score (nSPS) is 16.0. The summed E-state index contributed by atoms with van der Waals surface area (Å²) in [5.41, 5.74) is 1.10. The molecule has 0 unspecified atom stereocenters. The Balaban J connectivity index is 1.77. The van der Waals surface area contributed by atoms with Crippen molar-refractivity contribution in [2.45, 2.75) is 38.8 Å². The van der Waals surface area contributed by atoms with E-state index < -0.39 is 0 Å². The zero-order valence-electron chi connectivity index (χ0n) is 15.3. The van der Waals surface area contributed by atoms with Crippen LogP contribution in [0.4, 0.5) is 0 Å². The van der Waals surface area contributed by atoms with E-state index in [0.29, 0.717) is 6.10 Å².